The summed E-state index contributed by atoms with van der Waals surface area (Å²) in [6.07, 6.45) is 2.91. The molecule has 2 rings (SSSR count). The second-order valence-electron chi connectivity index (χ2n) is 5.15. The zero-order chi connectivity index (χ0) is 15.8. The summed E-state index contributed by atoms with van der Waals surface area (Å²) in [4.78, 5) is 14.0. The number of amides is 1. The standard InChI is InChI=1S/C13H16Cl2N2O3S/c1-8-4-2-3-5-17(8)13(18)9-6-12(21(16,19)20)11(15)7-10(9)14/h6-8H,2-5H2,1H3,(H2,16,19,20). The van der Waals surface area contributed by atoms with E-state index in [9.17, 15) is 13.2 Å². The molecule has 8 heteroatoms. The predicted molar refractivity (Wildman–Crippen MR) is 82.2 cm³/mol. The minimum absolute atomic E-state index is 0.0919. The quantitative estimate of drug-likeness (QED) is 0.889. The van der Waals surface area contributed by atoms with Crippen LogP contribution in [0.25, 0.3) is 0 Å². The van der Waals surface area contributed by atoms with Crippen LogP contribution in [0, 0.1) is 0 Å². The highest BCUT2D eigenvalue weighted by Gasteiger charge is 2.27. The maximum atomic E-state index is 12.6. The molecule has 0 bridgehead atoms. The van der Waals surface area contributed by atoms with Crippen LogP contribution >= 0.6 is 23.2 Å². The molecular formula is C13H16Cl2N2O3S. The number of halogens is 2. The van der Waals surface area contributed by atoms with Gasteiger partial charge < -0.3 is 4.90 Å². The van der Waals surface area contributed by atoms with Gasteiger partial charge in [0.2, 0.25) is 10.0 Å². The van der Waals surface area contributed by atoms with E-state index in [1.54, 1.807) is 4.90 Å². The molecule has 0 radical (unpaired) electrons. The molecule has 1 aromatic carbocycles. The highest BCUT2D eigenvalue weighted by atomic mass is 35.5. The zero-order valence-electron chi connectivity index (χ0n) is 11.5. The lowest BCUT2D eigenvalue weighted by molar-refractivity contribution is 0.0635. The summed E-state index contributed by atoms with van der Waals surface area (Å²) in [5.74, 6) is -0.297. The molecule has 1 aliphatic heterocycles. The Morgan fingerprint density at radius 3 is 2.52 bits per heavy atom. The Balaban J connectivity index is 2.46. The number of hydrogen-bond acceptors (Lipinski definition) is 3. The van der Waals surface area contributed by atoms with Gasteiger partial charge in [-0.3, -0.25) is 4.79 Å². The Morgan fingerprint density at radius 2 is 1.95 bits per heavy atom. The van der Waals surface area contributed by atoms with Crippen molar-refractivity contribution >= 4 is 39.1 Å². The van der Waals surface area contributed by atoms with Crippen LogP contribution < -0.4 is 5.14 Å². The van der Waals surface area contributed by atoms with E-state index in [0.717, 1.165) is 25.3 Å². The van der Waals surface area contributed by atoms with E-state index in [2.05, 4.69) is 0 Å². The molecule has 1 atom stereocenters. The van der Waals surface area contributed by atoms with Crippen LogP contribution in [0.4, 0.5) is 0 Å². The van der Waals surface area contributed by atoms with E-state index in [4.69, 9.17) is 28.3 Å². The molecule has 0 saturated carbocycles. The molecule has 1 saturated heterocycles. The summed E-state index contributed by atoms with van der Waals surface area (Å²) in [5, 5.41) is 5.13. The van der Waals surface area contributed by atoms with Crippen molar-refractivity contribution in [3.05, 3.63) is 27.7 Å². The number of hydrogen-bond donors (Lipinski definition) is 1. The van der Waals surface area contributed by atoms with Crippen molar-refractivity contribution in [2.24, 2.45) is 5.14 Å². The van der Waals surface area contributed by atoms with Gasteiger partial charge in [0, 0.05) is 12.6 Å². The number of likely N-dealkylation sites (tertiary alicyclic amines) is 1. The minimum Gasteiger partial charge on any atom is -0.336 e. The lowest BCUT2D eigenvalue weighted by Crippen LogP contribution is -2.42. The number of carbonyl (C=O) groups is 1. The lowest BCUT2D eigenvalue weighted by Gasteiger charge is -2.33. The molecule has 1 aromatic rings. The van der Waals surface area contributed by atoms with Gasteiger partial charge in [0.05, 0.1) is 15.6 Å². The van der Waals surface area contributed by atoms with E-state index < -0.39 is 10.0 Å². The summed E-state index contributed by atoms with van der Waals surface area (Å²) in [5.41, 5.74) is 0.110. The molecule has 1 aliphatic rings. The van der Waals surface area contributed by atoms with Gasteiger partial charge in [0.15, 0.2) is 0 Å². The first-order valence-electron chi connectivity index (χ1n) is 6.54. The summed E-state index contributed by atoms with van der Waals surface area (Å²) in [7, 11) is -4.01. The van der Waals surface area contributed by atoms with Crippen molar-refractivity contribution < 1.29 is 13.2 Å². The van der Waals surface area contributed by atoms with Crippen molar-refractivity contribution in [2.75, 3.05) is 6.54 Å². The SMILES string of the molecule is CC1CCCCN1C(=O)c1cc(S(N)(=O)=O)c(Cl)cc1Cl. The first-order chi connectivity index (χ1) is 9.71. The number of piperidine rings is 1. The van der Waals surface area contributed by atoms with Crippen molar-refractivity contribution in [2.45, 2.75) is 37.1 Å². The van der Waals surface area contributed by atoms with Crippen molar-refractivity contribution in [1.82, 2.24) is 4.90 Å². The highest BCUT2D eigenvalue weighted by Crippen LogP contribution is 2.30. The first kappa shape index (κ1) is 16.5. The van der Waals surface area contributed by atoms with Crippen molar-refractivity contribution in [1.29, 1.82) is 0 Å². The third-order valence-corrected chi connectivity index (χ3v) is 5.31. The Labute approximate surface area is 134 Å². The van der Waals surface area contributed by atoms with Crippen LogP contribution in [-0.2, 0) is 10.0 Å². The Kier molecular flexibility index (Phi) is 4.82. The number of benzene rings is 1. The Hall–Kier alpha value is -0.820. The topological polar surface area (TPSA) is 80.5 Å². The number of nitrogens with zero attached hydrogens (tertiary/aromatic N) is 1. The van der Waals surface area contributed by atoms with Crippen molar-refractivity contribution in [3.63, 3.8) is 0 Å². The average molecular weight is 351 g/mol. The van der Waals surface area contributed by atoms with Gasteiger partial charge in [0.1, 0.15) is 4.90 Å². The molecule has 21 heavy (non-hydrogen) atoms. The predicted octanol–water partition coefficient (Wildman–Crippen LogP) is 2.66. The van der Waals surface area contributed by atoms with Gasteiger partial charge in [-0.1, -0.05) is 23.2 Å². The lowest BCUT2D eigenvalue weighted by atomic mass is 10.0. The smallest absolute Gasteiger partial charge is 0.255 e. The molecule has 2 N–H and O–H groups in total. The Bertz CT molecular complexity index is 676. The van der Waals surface area contributed by atoms with Crippen LogP contribution in [0.2, 0.25) is 10.0 Å². The number of nitrogens with two attached hydrogens (primary N) is 1. The molecule has 1 heterocycles. The largest absolute Gasteiger partial charge is 0.336 e. The number of sulfonamides is 1. The van der Waals surface area contributed by atoms with Crippen molar-refractivity contribution in [3.8, 4) is 0 Å². The molecular weight excluding hydrogens is 335 g/mol. The minimum atomic E-state index is -4.01. The third kappa shape index (κ3) is 3.51. The highest BCUT2D eigenvalue weighted by molar-refractivity contribution is 7.89. The molecule has 0 aliphatic carbocycles. The molecule has 116 valence electrons. The van der Waals surface area contributed by atoms with E-state index in [0.29, 0.717) is 6.54 Å². The third-order valence-electron chi connectivity index (χ3n) is 3.62. The van der Waals surface area contributed by atoms with Crippen LogP contribution in [0.5, 0.6) is 0 Å². The molecule has 0 spiro atoms. The molecule has 5 nitrogen and oxygen atoms in total. The number of primary sulfonamides is 1. The summed E-state index contributed by atoms with van der Waals surface area (Å²) in [6, 6.07) is 2.49. The zero-order valence-corrected chi connectivity index (χ0v) is 13.8. The van der Waals surface area contributed by atoms with Crippen LogP contribution in [0.1, 0.15) is 36.5 Å². The maximum absolute atomic E-state index is 12.6. The van der Waals surface area contributed by atoms with Crippen LogP contribution in [0.3, 0.4) is 0 Å². The number of carbonyl (C=O) groups excluding carboxylic acids is 1. The fraction of sp³-hybridized carbons (Fsp3) is 0.462. The Morgan fingerprint density at radius 1 is 1.29 bits per heavy atom. The maximum Gasteiger partial charge on any atom is 0.255 e. The summed E-state index contributed by atoms with van der Waals surface area (Å²) < 4.78 is 23.0. The molecule has 0 aromatic heterocycles. The van der Waals surface area contributed by atoms with E-state index in [1.165, 1.54) is 6.07 Å². The number of rotatable bonds is 2. The second kappa shape index (κ2) is 6.12. The van der Waals surface area contributed by atoms with Gasteiger partial charge in [-0.15, -0.1) is 0 Å². The second-order valence-corrected chi connectivity index (χ2v) is 7.50. The first-order valence-corrected chi connectivity index (χ1v) is 8.85. The fourth-order valence-electron chi connectivity index (χ4n) is 2.47. The monoisotopic (exact) mass is 350 g/mol. The van der Waals surface area contributed by atoms with Gasteiger partial charge >= 0.3 is 0 Å². The van der Waals surface area contributed by atoms with E-state index in [1.807, 2.05) is 6.92 Å². The molecule has 1 amide bonds. The van der Waals surface area contributed by atoms with E-state index in [-0.39, 0.29) is 32.5 Å². The normalized spacial score (nSPS) is 19.6. The van der Waals surface area contributed by atoms with E-state index >= 15 is 0 Å². The molecule has 1 unspecified atom stereocenters. The summed E-state index contributed by atoms with van der Waals surface area (Å²) in [6.45, 7) is 2.59. The van der Waals surface area contributed by atoms with Crippen LogP contribution in [-0.4, -0.2) is 31.8 Å². The average Bonchev–Trinajstić information content (AvgIpc) is 2.37. The fourth-order valence-corrected chi connectivity index (χ4v) is 3.87. The van der Waals surface area contributed by atoms with Gasteiger partial charge in [0.25, 0.3) is 5.91 Å². The van der Waals surface area contributed by atoms with Crippen LogP contribution in [0.15, 0.2) is 17.0 Å². The van der Waals surface area contributed by atoms with Gasteiger partial charge in [-0.2, -0.15) is 0 Å². The summed E-state index contributed by atoms with van der Waals surface area (Å²) >= 11 is 11.9. The molecule has 1 fully saturated rings. The van der Waals surface area contributed by atoms with Gasteiger partial charge in [-0.05, 0) is 38.3 Å². The van der Waals surface area contributed by atoms with Gasteiger partial charge in [-0.25, -0.2) is 13.6 Å².